The van der Waals surface area contributed by atoms with Crippen molar-refractivity contribution in [1.82, 2.24) is 4.90 Å². The Morgan fingerprint density at radius 2 is 1.80 bits per heavy atom. The smallest absolute Gasteiger partial charge is 0.0175 e. The molecule has 84 valence electrons. The summed E-state index contributed by atoms with van der Waals surface area (Å²) < 4.78 is 0. The van der Waals surface area contributed by atoms with E-state index in [0.717, 1.165) is 11.3 Å². The molecule has 15 heavy (non-hydrogen) atoms. The van der Waals surface area contributed by atoms with Crippen LogP contribution in [0.1, 0.15) is 46.0 Å². The number of likely N-dealkylation sites (tertiary alicyclic amines) is 1. The first-order valence-corrected chi connectivity index (χ1v) is 6.46. The maximum absolute atomic E-state index is 5.40. The highest BCUT2D eigenvalue weighted by Gasteiger charge is 2.28. The van der Waals surface area contributed by atoms with Gasteiger partial charge in [0.1, 0.15) is 0 Å². The van der Waals surface area contributed by atoms with Crippen molar-refractivity contribution in [2.24, 2.45) is 5.41 Å². The fourth-order valence-corrected chi connectivity index (χ4v) is 3.22. The van der Waals surface area contributed by atoms with Gasteiger partial charge < -0.3 is 4.90 Å². The summed E-state index contributed by atoms with van der Waals surface area (Å²) in [5, 5.41) is 0. The van der Waals surface area contributed by atoms with Gasteiger partial charge in [-0.05, 0) is 43.6 Å². The quantitative estimate of drug-likeness (QED) is 0.625. The molecule has 0 N–H and O–H groups in total. The zero-order valence-corrected chi connectivity index (χ0v) is 10.7. The number of allylic oxidation sites excluding steroid dienone is 2. The third kappa shape index (κ3) is 2.81. The van der Waals surface area contributed by atoms with Gasteiger partial charge in [0.25, 0.3) is 0 Å². The van der Waals surface area contributed by atoms with E-state index in [2.05, 4.69) is 24.8 Å². The van der Waals surface area contributed by atoms with Gasteiger partial charge in [0.15, 0.2) is 0 Å². The molecule has 0 unspecified atom stereocenters. The van der Waals surface area contributed by atoms with Crippen molar-refractivity contribution < 1.29 is 0 Å². The number of piperidine rings is 1. The first kappa shape index (κ1) is 11.1. The Kier molecular flexibility index (Phi) is 3.15. The van der Waals surface area contributed by atoms with Gasteiger partial charge in [-0.1, -0.05) is 26.1 Å². The van der Waals surface area contributed by atoms with Crippen molar-refractivity contribution >= 4 is 17.1 Å². The molecular formula is C13H21NS. The molecule has 0 aromatic heterocycles. The van der Waals surface area contributed by atoms with Crippen molar-refractivity contribution in [3.63, 3.8) is 0 Å². The van der Waals surface area contributed by atoms with Crippen LogP contribution in [0.25, 0.3) is 0 Å². The lowest BCUT2D eigenvalue weighted by Gasteiger charge is -2.38. The van der Waals surface area contributed by atoms with Crippen molar-refractivity contribution in [2.45, 2.75) is 46.0 Å². The molecule has 0 bridgehead atoms. The van der Waals surface area contributed by atoms with Crippen LogP contribution in [0.2, 0.25) is 0 Å². The summed E-state index contributed by atoms with van der Waals surface area (Å²) in [6, 6.07) is 0. The highest BCUT2D eigenvalue weighted by atomic mass is 32.1. The lowest BCUT2D eigenvalue weighted by atomic mass is 9.79. The third-order valence-electron chi connectivity index (χ3n) is 3.40. The molecule has 1 heterocycles. The molecule has 0 saturated carbocycles. The second kappa shape index (κ2) is 4.25. The van der Waals surface area contributed by atoms with Gasteiger partial charge in [-0.25, -0.2) is 0 Å². The lowest BCUT2D eigenvalue weighted by Crippen LogP contribution is -2.34. The second-order valence-electron chi connectivity index (χ2n) is 5.67. The zero-order valence-electron chi connectivity index (χ0n) is 9.88. The number of nitrogens with zero attached hydrogens (tertiary/aromatic N) is 1. The number of thiocarbonyl (C=S) groups is 1. The average molecular weight is 223 g/mol. The predicted molar refractivity (Wildman–Crippen MR) is 69.1 cm³/mol. The molecule has 2 heteroatoms. The average Bonchev–Trinajstić information content (AvgIpc) is 2.16. The first-order chi connectivity index (χ1) is 7.07. The summed E-state index contributed by atoms with van der Waals surface area (Å²) in [5.74, 6) is 0. The molecule has 0 aromatic carbocycles. The molecule has 1 fully saturated rings. The van der Waals surface area contributed by atoms with Crippen molar-refractivity contribution in [3.05, 3.63) is 11.8 Å². The van der Waals surface area contributed by atoms with E-state index in [-0.39, 0.29) is 0 Å². The molecule has 2 aliphatic rings. The van der Waals surface area contributed by atoms with Gasteiger partial charge in [0, 0.05) is 23.7 Å². The van der Waals surface area contributed by atoms with Gasteiger partial charge in [-0.15, -0.1) is 0 Å². The van der Waals surface area contributed by atoms with E-state index in [1.165, 1.54) is 44.5 Å². The minimum absolute atomic E-state index is 0.374. The van der Waals surface area contributed by atoms with E-state index in [1.807, 2.05) is 0 Å². The Morgan fingerprint density at radius 3 is 2.40 bits per heavy atom. The predicted octanol–water partition coefficient (Wildman–Crippen LogP) is 3.55. The van der Waals surface area contributed by atoms with Crippen molar-refractivity contribution in [3.8, 4) is 0 Å². The van der Waals surface area contributed by atoms with Crippen LogP contribution in [-0.4, -0.2) is 22.9 Å². The lowest BCUT2D eigenvalue weighted by molar-refractivity contribution is 0.242. The highest BCUT2D eigenvalue weighted by molar-refractivity contribution is 7.80. The largest absolute Gasteiger partial charge is 0.375 e. The normalized spacial score (nSPS) is 26.4. The molecule has 0 amide bonds. The van der Waals surface area contributed by atoms with E-state index < -0.39 is 0 Å². The van der Waals surface area contributed by atoms with Crippen LogP contribution in [0.15, 0.2) is 11.8 Å². The monoisotopic (exact) mass is 223 g/mol. The van der Waals surface area contributed by atoms with Gasteiger partial charge in [-0.2, -0.15) is 0 Å². The van der Waals surface area contributed by atoms with Gasteiger partial charge in [-0.3, -0.25) is 0 Å². The number of hydrogen-bond donors (Lipinski definition) is 0. The molecule has 2 rings (SSSR count). The van der Waals surface area contributed by atoms with Gasteiger partial charge >= 0.3 is 0 Å². The van der Waals surface area contributed by atoms with Crippen LogP contribution in [0.3, 0.4) is 0 Å². The van der Waals surface area contributed by atoms with Crippen LogP contribution in [0.4, 0.5) is 0 Å². The number of hydrogen-bond acceptors (Lipinski definition) is 2. The third-order valence-corrected chi connectivity index (χ3v) is 3.66. The van der Waals surface area contributed by atoms with Crippen LogP contribution < -0.4 is 0 Å². The molecular weight excluding hydrogens is 202 g/mol. The summed E-state index contributed by atoms with van der Waals surface area (Å²) in [4.78, 5) is 3.70. The molecule has 1 aliphatic heterocycles. The maximum Gasteiger partial charge on any atom is 0.0175 e. The number of rotatable bonds is 1. The molecule has 0 atom stereocenters. The molecule has 0 aromatic rings. The Balaban J connectivity index is 2.10. The molecule has 1 nitrogen and oxygen atoms in total. The summed E-state index contributed by atoms with van der Waals surface area (Å²) in [7, 11) is 0. The Hall–Kier alpha value is -0.370. The fourth-order valence-electron chi connectivity index (χ4n) is 2.70. The van der Waals surface area contributed by atoms with E-state index >= 15 is 0 Å². The van der Waals surface area contributed by atoms with Crippen molar-refractivity contribution in [2.75, 3.05) is 13.1 Å². The minimum atomic E-state index is 0.374. The van der Waals surface area contributed by atoms with Crippen LogP contribution in [0, 0.1) is 5.41 Å². The highest BCUT2D eigenvalue weighted by Crippen LogP contribution is 2.36. The van der Waals surface area contributed by atoms with E-state index in [9.17, 15) is 0 Å². The first-order valence-electron chi connectivity index (χ1n) is 6.05. The molecule has 1 aliphatic carbocycles. The van der Waals surface area contributed by atoms with Crippen LogP contribution in [-0.2, 0) is 0 Å². The fraction of sp³-hybridized carbons (Fsp3) is 0.769. The summed E-state index contributed by atoms with van der Waals surface area (Å²) in [6.07, 6.45) is 8.64. The van der Waals surface area contributed by atoms with Crippen molar-refractivity contribution in [1.29, 1.82) is 0 Å². The van der Waals surface area contributed by atoms with Gasteiger partial charge in [0.2, 0.25) is 0 Å². The molecule has 0 radical (unpaired) electrons. The zero-order chi connectivity index (χ0) is 10.9. The van der Waals surface area contributed by atoms with E-state index in [0.29, 0.717) is 5.41 Å². The topological polar surface area (TPSA) is 3.24 Å². The standard InChI is InChI=1S/C13H21NS/c1-13(2)9-11(8-12(15)10-13)14-6-4-3-5-7-14/h8H,3-7,9-10H2,1-2H3. The Morgan fingerprint density at radius 1 is 1.13 bits per heavy atom. The van der Waals surface area contributed by atoms with E-state index in [1.54, 1.807) is 0 Å². The summed E-state index contributed by atoms with van der Waals surface area (Å²) in [6.45, 7) is 7.14. The maximum atomic E-state index is 5.40. The minimum Gasteiger partial charge on any atom is -0.375 e. The van der Waals surface area contributed by atoms with Crippen LogP contribution >= 0.6 is 12.2 Å². The van der Waals surface area contributed by atoms with Crippen LogP contribution in [0.5, 0.6) is 0 Å². The van der Waals surface area contributed by atoms with Gasteiger partial charge in [0.05, 0.1) is 0 Å². The summed E-state index contributed by atoms with van der Waals surface area (Å²) in [5.41, 5.74) is 1.87. The molecule has 0 spiro atoms. The second-order valence-corrected chi connectivity index (χ2v) is 6.19. The Bertz CT molecular complexity index is 285. The van der Waals surface area contributed by atoms with E-state index in [4.69, 9.17) is 12.2 Å². The SMILES string of the molecule is CC1(C)CC(=S)C=C(N2CCCCC2)C1. The summed E-state index contributed by atoms with van der Waals surface area (Å²) >= 11 is 5.40. The Labute approximate surface area is 98.5 Å². The molecule has 1 saturated heterocycles.